The van der Waals surface area contributed by atoms with Crippen molar-refractivity contribution in [2.75, 3.05) is 20.3 Å². The highest BCUT2D eigenvalue weighted by Gasteiger charge is 2.21. The average Bonchev–Trinajstić information content (AvgIpc) is 2.71. The highest BCUT2D eigenvalue weighted by Crippen LogP contribution is 2.17. The number of ether oxygens (including phenoxy) is 3. The first-order chi connectivity index (χ1) is 13.1. The summed E-state index contributed by atoms with van der Waals surface area (Å²) in [6, 6.07) is 16.7. The Balaban J connectivity index is 1.73. The van der Waals surface area contributed by atoms with Crippen LogP contribution in [-0.2, 0) is 20.7 Å². The van der Waals surface area contributed by atoms with Crippen LogP contribution in [0.5, 0.6) is 11.5 Å². The summed E-state index contributed by atoms with van der Waals surface area (Å²) in [6.45, 7) is 1.91. The van der Waals surface area contributed by atoms with Gasteiger partial charge in [-0.25, -0.2) is 4.79 Å². The maximum Gasteiger partial charge on any atom is 0.347 e. The van der Waals surface area contributed by atoms with Crippen LogP contribution in [0, 0.1) is 0 Å². The summed E-state index contributed by atoms with van der Waals surface area (Å²) in [7, 11) is 1.61. The molecule has 2 aromatic carbocycles. The average molecular weight is 371 g/mol. The van der Waals surface area contributed by atoms with E-state index in [-0.39, 0.29) is 12.5 Å². The first-order valence-corrected chi connectivity index (χ1v) is 8.91. The van der Waals surface area contributed by atoms with Crippen LogP contribution in [0.1, 0.15) is 18.9 Å². The fourth-order valence-electron chi connectivity index (χ4n) is 2.49. The summed E-state index contributed by atoms with van der Waals surface area (Å²) in [5.74, 6) is 0.457. The second-order valence-corrected chi connectivity index (χ2v) is 5.85. The maximum absolute atomic E-state index is 12.1. The number of para-hydroxylation sites is 2. The van der Waals surface area contributed by atoms with Gasteiger partial charge in [0.05, 0.1) is 7.11 Å². The molecule has 2 aromatic rings. The third-order valence-corrected chi connectivity index (χ3v) is 3.91. The summed E-state index contributed by atoms with van der Waals surface area (Å²) >= 11 is 0. The largest absolute Gasteiger partial charge is 0.496 e. The van der Waals surface area contributed by atoms with E-state index in [4.69, 9.17) is 14.2 Å². The molecular formula is C21H25NO5. The number of benzene rings is 2. The lowest BCUT2D eigenvalue weighted by Crippen LogP contribution is -2.34. The number of carbonyl (C=O) groups is 2. The Morgan fingerprint density at radius 2 is 1.74 bits per heavy atom. The third-order valence-electron chi connectivity index (χ3n) is 3.91. The van der Waals surface area contributed by atoms with Crippen LogP contribution >= 0.6 is 0 Å². The first kappa shape index (κ1) is 20.3. The molecule has 0 saturated carbocycles. The van der Waals surface area contributed by atoms with Gasteiger partial charge >= 0.3 is 5.97 Å². The van der Waals surface area contributed by atoms with Gasteiger partial charge in [0.2, 0.25) is 0 Å². The van der Waals surface area contributed by atoms with E-state index in [9.17, 15) is 9.59 Å². The van der Waals surface area contributed by atoms with E-state index in [1.807, 2.05) is 49.4 Å². The minimum absolute atomic E-state index is 0.334. The zero-order chi connectivity index (χ0) is 19.5. The molecule has 0 spiro atoms. The van der Waals surface area contributed by atoms with E-state index in [0.29, 0.717) is 25.1 Å². The third kappa shape index (κ3) is 6.66. The number of nitrogens with one attached hydrogen (secondary N) is 1. The number of hydrogen-bond donors (Lipinski definition) is 1. The normalized spacial score (nSPS) is 11.3. The zero-order valence-corrected chi connectivity index (χ0v) is 15.6. The second-order valence-electron chi connectivity index (χ2n) is 5.85. The quantitative estimate of drug-likeness (QED) is 0.650. The van der Waals surface area contributed by atoms with Crippen molar-refractivity contribution in [1.29, 1.82) is 0 Å². The molecule has 0 radical (unpaired) electrons. The second kappa shape index (κ2) is 10.9. The molecule has 0 heterocycles. The molecule has 0 aliphatic carbocycles. The smallest absolute Gasteiger partial charge is 0.347 e. The molecule has 6 nitrogen and oxygen atoms in total. The predicted octanol–water partition coefficient (Wildman–Crippen LogP) is 2.75. The topological polar surface area (TPSA) is 73.9 Å². The molecule has 0 saturated heterocycles. The number of hydrogen-bond acceptors (Lipinski definition) is 5. The van der Waals surface area contributed by atoms with Gasteiger partial charge < -0.3 is 19.5 Å². The van der Waals surface area contributed by atoms with Gasteiger partial charge in [-0.15, -0.1) is 0 Å². The highest BCUT2D eigenvalue weighted by atomic mass is 16.6. The summed E-state index contributed by atoms with van der Waals surface area (Å²) < 4.78 is 16.0. The molecule has 0 fully saturated rings. The molecule has 6 heteroatoms. The Morgan fingerprint density at radius 1 is 1.04 bits per heavy atom. The molecule has 27 heavy (non-hydrogen) atoms. The Kier molecular flexibility index (Phi) is 8.16. The lowest BCUT2D eigenvalue weighted by atomic mass is 10.1. The van der Waals surface area contributed by atoms with Gasteiger partial charge in [0.15, 0.2) is 12.7 Å². The lowest BCUT2D eigenvalue weighted by molar-refractivity contribution is -0.155. The van der Waals surface area contributed by atoms with E-state index in [2.05, 4.69) is 5.32 Å². The standard InChI is InChI=1S/C21H25NO5/c1-3-18(27-17-10-5-4-6-11-17)21(24)26-15-20(23)22-14-13-16-9-7-8-12-19(16)25-2/h4-12,18H,3,13-15H2,1-2H3,(H,22,23)/t18-/m1/s1. The highest BCUT2D eigenvalue weighted by molar-refractivity contribution is 5.82. The fraction of sp³-hybridized carbons (Fsp3) is 0.333. The van der Waals surface area contributed by atoms with Gasteiger partial charge in [0.1, 0.15) is 11.5 Å². The van der Waals surface area contributed by atoms with Crippen molar-refractivity contribution in [3.05, 3.63) is 60.2 Å². The van der Waals surface area contributed by atoms with Crippen LogP contribution in [0.4, 0.5) is 0 Å². The zero-order valence-electron chi connectivity index (χ0n) is 15.6. The van der Waals surface area contributed by atoms with Crippen molar-refractivity contribution >= 4 is 11.9 Å². The molecule has 0 aromatic heterocycles. The molecule has 0 bridgehead atoms. The van der Waals surface area contributed by atoms with Crippen molar-refractivity contribution in [3.8, 4) is 11.5 Å². The van der Waals surface area contributed by atoms with E-state index in [1.54, 1.807) is 19.2 Å². The van der Waals surface area contributed by atoms with E-state index >= 15 is 0 Å². The predicted molar refractivity (Wildman–Crippen MR) is 102 cm³/mol. The first-order valence-electron chi connectivity index (χ1n) is 8.91. The molecule has 0 aliphatic heterocycles. The van der Waals surface area contributed by atoms with E-state index in [0.717, 1.165) is 11.3 Å². The minimum atomic E-state index is -0.742. The molecule has 144 valence electrons. The van der Waals surface area contributed by atoms with E-state index < -0.39 is 12.1 Å². The molecule has 1 N–H and O–H groups in total. The summed E-state index contributed by atoms with van der Waals surface area (Å²) in [4.78, 5) is 24.0. The van der Waals surface area contributed by atoms with Gasteiger partial charge in [0.25, 0.3) is 5.91 Å². The molecule has 1 amide bonds. The minimum Gasteiger partial charge on any atom is -0.496 e. The fourth-order valence-corrected chi connectivity index (χ4v) is 2.49. The van der Waals surface area contributed by atoms with Crippen LogP contribution in [-0.4, -0.2) is 38.2 Å². The van der Waals surface area contributed by atoms with Crippen LogP contribution in [0.2, 0.25) is 0 Å². The Bertz CT molecular complexity index is 732. The summed E-state index contributed by atoms with van der Waals surface area (Å²) in [6.07, 6.45) is 0.329. The molecule has 0 unspecified atom stereocenters. The van der Waals surface area contributed by atoms with Crippen LogP contribution in [0.3, 0.4) is 0 Å². The molecular weight excluding hydrogens is 346 g/mol. The Hall–Kier alpha value is -3.02. The van der Waals surface area contributed by atoms with Crippen LogP contribution < -0.4 is 14.8 Å². The lowest BCUT2D eigenvalue weighted by Gasteiger charge is -2.16. The van der Waals surface area contributed by atoms with Crippen molar-refractivity contribution in [2.24, 2.45) is 0 Å². The van der Waals surface area contributed by atoms with Gasteiger partial charge in [-0.1, -0.05) is 43.3 Å². The molecule has 2 rings (SSSR count). The van der Waals surface area contributed by atoms with Gasteiger partial charge in [-0.2, -0.15) is 0 Å². The number of carbonyl (C=O) groups excluding carboxylic acids is 2. The van der Waals surface area contributed by atoms with Gasteiger partial charge in [-0.3, -0.25) is 4.79 Å². The van der Waals surface area contributed by atoms with Crippen molar-refractivity contribution in [1.82, 2.24) is 5.32 Å². The number of esters is 1. The van der Waals surface area contributed by atoms with Crippen molar-refractivity contribution < 1.29 is 23.8 Å². The number of amides is 1. The van der Waals surface area contributed by atoms with Gasteiger partial charge in [0, 0.05) is 6.54 Å². The monoisotopic (exact) mass is 371 g/mol. The van der Waals surface area contributed by atoms with Crippen LogP contribution in [0.25, 0.3) is 0 Å². The maximum atomic E-state index is 12.1. The Morgan fingerprint density at radius 3 is 2.44 bits per heavy atom. The van der Waals surface area contributed by atoms with Gasteiger partial charge in [-0.05, 0) is 36.6 Å². The summed E-state index contributed by atoms with van der Waals surface area (Å²) in [5.41, 5.74) is 1.000. The number of methoxy groups -OCH3 is 1. The molecule has 1 atom stereocenters. The summed E-state index contributed by atoms with van der Waals surface area (Å²) in [5, 5.41) is 2.73. The SMILES string of the molecule is CC[C@@H](Oc1ccccc1)C(=O)OCC(=O)NCCc1ccccc1OC. The van der Waals surface area contributed by atoms with Crippen molar-refractivity contribution in [3.63, 3.8) is 0 Å². The van der Waals surface area contributed by atoms with Crippen molar-refractivity contribution in [2.45, 2.75) is 25.9 Å². The number of rotatable bonds is 10. The van der Waals surface area contributed by atoms with Crippen LogP contribution in [0.15, 0.2) is 54.6 Å². The molecule has 0 aliphatic rings. The Labute approximate surface area is 159 Å². The van der Waals surface area contributed by atoms with E-state index in [1.165, 1.54) is 0 Å².